The van der Waals surface area contributed by atoms with Crippen LogP contribution in [0.15, 0.2) is 72.8 Å². The Morgan fingerprint density at radius 1 is 1.00 bits per heavy atom. The van der Waals surface area contributed by atoms with E-state index in [1.807, 2.05) is 55.5 Å². The van der Waals surface area contributed by atoms with E-state index in [2.05, 4.69) is 5.32 Å². The van der Waals surface area contributed by atoms with E-state index in [1.165, 1.54) is 12.1 Å². The molecule has 0 atom stereocenters. The average molecular weight is 400 g/mol. The number of aryl methyl sites for hydroxylation is 1. The van der Waals surface area contributed by atoms with E-state index in [1.54, 1.807) is 19.2 Å². The van der Waals surface area contributed by atoms with E-state index >= 15 is 0 Å². The lowest BCUT2D eigenvalue weighted by Gasteiger charge is -2.12. The number of ether oxygens (including phenoxy) is 1. The molecule has 150 valence electrons. The van der Waals surface area contributed by atoms with E-state index < -0.39 is 0 Å². The summed E-state index contributed by atoms with van der Waals surface area (Å²) in [6, 6.07) is 21.3. The van der Waals surface area contributed by atoms with Crippen molar-refractivity contribution in [3.63, 3.8) is 0 Å². The molecule has 1 N–H and O–H groups in total. The first-order chi connectivity index (χ1) is 14.5. The Balaban J connectivity index is 1.71. The molecule has 1 amide bonds. The minimum atomic E-state index is -0.301. The van der Waals surface area contributed by atoms with Gasteiger partial charge in [-0.25, -0.2) is 9.37 Å². The van der Waals surface area contributed by atoms with E-state index in [4.69, 9.17) is 9.72 Å². The van der Waals surface area contributed by atoms with Gasteiger partial charge in [0.05, 0.1) is 23.9 Å². The zero-order valence-corrected chi connectivity index (χ0v) is 16.8. The predicted molar refractivity (Wildman–Crippen MR) is 116 cm³/mol. The molecule has 1 aromatic heterocycles. The number of amides is 1. The third-order valence-corrected chi connectivity index (χ3v) is 4.96. The standard InChI is InChI=1S/C25H21FN2O2/c1-16-3-12-23-21(13-16)22(25(29)27-15-17-4-8-19(26)9-5-17)14-24(28-23)18-6-10-20(30-2)11-7-18/h3-14H,15H2,1-2H3,(H,27,29). The second-order valence-corrected chi connectivity index (χ2v) is 7.11. The molecule has 0 saturated carbocycles. The van der Waals surface area contributed by atoms with Gasteiger partial charge >= 0.3 is 0 Å². The van der Waals surface area contributed by atoms with Gasteiger partial charge in [-0.1, -0.05) is 23.8 Å². The third kappa shape index (κ3) is 4.15. The van der Waals surface area contributed by atoms with Crippen LogP contribution in [0.3, 0.4) is 0 Å². The molecule has 1 heterocycles. The number of methoxy groups -OCH3 is 1. The van der Waals surface area contributed by atoms with Crippen molar-refractivity contribution in [2.24, 2.45) is 0 Å². The minimum absolute atomic E-state index is 0.202. The van der Waals surface area contributed by atoms with Crippen molar-refractivity contribution >= 4 is 16.8 Å². The maximum Gasteiger partial charge on any atom is 0.252 e. The lowest BCUT2D eigenvalue weighted by atomic mass is 10.0. The number of pyridine rings is 1. The summed E-state index contributed by atoms with van der Waals surface area (Å²) in [5.41, 5.74) is 4.79. The first kappa shape index (κ1) is 19.6. The summed E-state index contributed by atoms with van der Waals surface area (Å²) < 4.78 is 18.3. The normalized spacial score (nSPS) is 10.8. The van der Waals surface area contributed by atoms with E-state index in [0.29, 0.717) is 17.8 Å². The SMILES string of the molecule is COc1ccc(-c2cc(C(=O)NCc3ccc(F)cc3)c3cc(C)ccc3n2)cc1. The number of hydrogen-bond donors (Lipinski definition) is 1. The zero-order chi connectivity index (χ0) is 21.1. The fourth-order valence-corrected chi connectivity index (χ4v) is 3.32. The molecule has 30 heavy (non-hydrogen) atoms. The van der Waals surface area contributed by atoms with E-state index in [0.717, 1.165) is 33.3 Å². The van der Waals surface area contributed by atoms with Gasteiger partial charge in [-0.15, -0.1) is 0 Å². The topological polar surface area (TPSA) is 51.2 Å². The number of halogens is 1. The van der Waals surface area contributed by atoms with Crippen LogP contribution < -0.4 is 10.1 Å². The lowest BCUT2D eigenvalue weighted by molar-refractivity contribution is 0.0952. The van der Waals surface area contributed by atoms with Crippen molar-refractivity contribution in [1.82, 2.24) is 10.3 Å². The highest BCUT2D eigenvalue weighted by Crippen LogP contribution is 2.27. The zero-order valence-electron chi connectivity index (χ0n) is 16.8. The Bertz CT molecular complexity index is 1200. The van der Waals surface area contributed by atoms with Crippen LogP contribution in [0.4, 0.5) is 4.39 Å². The van der Waals surface area contributed by atoms with Crippen molar-refractivity contribution in [3.05, 3.63) is 95.3 Å². The van der Waals surface area contributed by atoms with Crippen molar-refractivity contribution in [2.75, 3.05) is 7.11 Å². The van der Waals surface area contributed by atoms with Crippen LogP contribution in [0, 0.1) is 12.7 Å². The Morgan fingerprint density at radius 3 is 2.43 bits per heavy atom. The summed E-state index contributed by atoms with van der Waals surface area (Å²) >= 11 is 0. The van der Waals surface area contributed by atoms with Crippen LogP contribution in [0.2, 0.25) is 0 Å². The highest BCUT2D eigenvalue weighted by Gasteiger charge is 2.14. The van der Waals surface area contributed by atoms with Gasteiger partial charge in [-0.3, -0.25) is 4.79 Å². The van der Waals surface area contributed by atoms with Crippen LogP contribution in [0.25, 0.3) is 22.2 Å². The fourth-order valence-electron chi connectivity index (χ4n) is 3.32. The predicted octanol–water partition coefficient (Wildman–Crippen LogP) is 5.29. The number of fused-ring (bicyclic) bond motifs is 1. The monoisotopic (exact) mass is 400 g/mol. The molecule has 0 bridgehead atoms. The Hall–Kier alpha value is -3.73. The van der Waals surface area contributed by atoms with E-state index in [-0.39, 0.29) is 11.7 Å². The number of nitrogens with one attached hydrogen (secondary N) is 1. The Kier molecular flexibility index (Phi) is 5.44. The average Bonchev–Trinajstić information content (AvgIpc) is 2.78. The maximum absolute atomic E-state index is 13.1. The highest BCUT2D eigenvalue weighted by molar-refractivity contribution is 6.07. The maximum atomic E-state index is 13.1. The first-order valence-corrected chi connectivity index (χ1v) is 9.62. The Morgan fingerprint density at radius 2 is 1.73 bits per heavy atom. The number of hydrogen-bond acceptors (Lipinski definition) is 3. The molecule has 0 aliphatic rings. The molecule has 4 nitrogen and oxygen atoms in total. The minimum Gasteiger partial charge on any atom is -0.497 e. The molecule has 5 heteroatoms. The van der Waals surface area contributed by atoms with Gasteiger partial charge in [0.15, 0.2) is 0 Å². The van der Waals surface area contributed by atoms with Crippen molar-refractivity contribution in [1.29, 1.82) is 0 Å². The number of aromatic nitrogens is 1. The van der Waals surface area contributed by atoms with Gasteiger partial charge in [0.25, 0.3) is 5.91 Å². The molecule has 3 aromatic carbocycles. The van der Waals surface area contributed by atoms with Crippen LogP contribution in [-0.4, -0.2) is 18.0 Å². The Labute approximate surface area is 174 Å². The molecule has 0 fully saturated rings. The highest BCUT2D eigenvalue weighted by atomic mass is 19.1. The van der Waals surface area contributed by atoms with Crippen LogP contribution in [0.1, 0.15) is 21.5 Å². The molecule has 0 spiro atoms. The molecule has 4 rings (SSSR count). The molecule has 0 saturated heterocycles. The van der Waals surface area contributed by atoms with Crippen LogP contribution >= 0.6 is 0 Å². The summed E-state index contributed by atoms with van der Waals surface area (Å²) in [5, 5.41) is 3.73. The molecule has 0 radical (unpaired) electrons. The van der Waals surface area contributed by atoms with Gasteiger partial charge in [-0.05, 0) is 67.1 Å². The van der Waals surface area contributed by atoms with Gasteiger partial charge in [0.1, 0.15) is 11.6 Å². The molecule has 4 aromatic rings. The van der Waals surface area contributed by atoms with Crippen molar-refractivity contribution in [3.8, 4) is 17.0 Å². The lowest BCUT2D eigenvalue weighted by Crippen LogP contribution is -2.23. The van der Waals surface area contributed by atoms with E-state index in [9.17, 15) is 9.18 Å². The molecular formula is C25H21FN2O2. The fraction of sp³-hybridized carbons (Fsp3) is 0.120. The second kappa shape index (κ2) is 8.33. The first-order valence-electron chi connectivity index (χ1n) is 9.62. The largest absolute Gasteiger partial charge is 0.497 e. The summed E-state index contributed by atoms with van der Waals surface area (Å²) in [5.74, 6) is 0.254. The quantitative estimate of drug-likeness (QED) is 0.495. The van der Waals surface area contributed by atoms with Gasteiger partial charge in [-0.2, -0.15) is 0 Å². The number of rotatable bonds is 5. The molecular weight excluding hydrogens is 379 g/mol. The van der Waals surface area contributed by atoms with Crippen LogP contribution in [-0.2, 0) is 6.54 Å². The summed E-state index contributed by atoms with van der Waals surface area (Å²) in [6.45, 7) is 2.30. The van der Waals surface area contributed by atoms with Gasteiger partial charge < -0.3 is 10.1 Å². The summed E-state index contributed by atoms with van der Waals surface area (Å²) in [6.07, 6.45) is 0. The van der Waals surface area contributed by atoms with Crippen molar-refractivity contribution in [2.45, 2.75) is 13.5 Å². The molecule has 0 unspecified atom stereocenters. The number of carbonyl (C=O) groups is 1. The number of nitrogens with zero attached hydrogens (tertiary/aromatic N) is 1. The number of carbonyl (C=O) groups excluding carboxylic acids is 1. The smallest absolute Gasteiger partial charge is 0.252 e. The summed E-state index contributed by atoms with van der Waals surface area (Å²) in [7, 11) is 1.62. The summed E-state index contributed by atoms with van der Waals surface area (Å²) in [4.78, 5) is 17.8. The van der Waals surface area contributed by atoms with Gasteiger partial charge in [0, 0.05) is 17.5 Å². The number of benzene rings is 3. The van der Waals surface area contributed by atoms with Gasteiger partial charge in [0.2, 0.25) is 0 Å². The van der Waals surface area contributed by atoms with Crippen LogP contribution in [0.5, 0.6) is 5.75 Å². The second-order valence-electron chi connectivity index (χ2n) is 7.11. The van der Waals surface area contributed by atoms with Crippen molar-refractivity contribution < 1.29 is 13.9 Å². The molecule has 0 aliphatic carbocycles. The third-order valence-electron chi connectivity index (χ3n) is 4.96. The molecule has 0 aliphatic heterocycles.